The molecule has 2 aromatic carbocycles. The van der Waals surface area contributed by atoms with E-state index in [1.807, 2.05) is 0 Å². The molecule has 2 aliphatic carbocycles. The lowest BCUT2D eigenvalue weighted by atomic mass is 9.68. The topological polar surface area (TPSA) is 84.3 Å². The van der Waals surface area contributed by atoms with E-state index in [9.17, 15) is 13.2 Å². The number of aryl methyl sites for hydroxylation is 2. The Kier molecular flexibility index (Phi) is 6.51. The van der Waals surface area contributed by atoms with E-state index < -0.39 is 10.0 Å². The smallest absolute Gasteiger partial charge is 0.259 e. The molecule has 0 radical (unpaired) electrons. The van der Waals surface area contributed by atoms with Gasteiger partial charge in [0.15, 0.2) is 11.3 Å². The fraction of sp³-hybridized carbons (Fsp3) is 0.448. The summed E-state index contributed by atoms with van der Waals surface area (Å²) in [5.41, 5.74) is 5.76. The molecular weight excluding hydrogens is 484 g/mol. The number of aromatic nitrogens is 2. The molecule has 0 bridgehead atoms. The predicted octanol–water partition coefficient (Wildman–Crippen LogP) is 3.80. The van der Waals surface area contributed by atoms with Crippen molar-refractivity contribution in [1.82, 2.24) is 19.2 Å². The summed E-state index contributed by atoms with van der Waals surface area (Å²) in [7, 11) is -1.90. The van der Waals surface area contributed by atoms with Gasteiger partial charge in [-0.25, -0.2) is 18.1 Å². The van der Waals surface area contributed by atoms with Crippen LogP contribution in [0.15, 0.2) is 60.0 Å². The van der Waals surface area contributed by atoms with Crippen molar-refractivity contribution in [2.24, 2.45) is 7.05 Å². The van der Waals surface area contributed by atoms with Gasteiger partial charge in [0, 0.05) is 36.8 Å². The number of nitrogens with zero attached hydrogens (tertiary/aromatic N) is 3. The van der Waals surface area contributed by atoms with Crippen LogP contribution in [-0.4, -0.2) is 54.3 Å². The van der Waals surface area contributed by atoms with Crippen LogP contribution >= 0.6 is 0 Å². The van der Waals surface area contributed by atoms with E-state index in [2.05, 4.69) is 57.1 Å². The third-order valence-corrected chi connectivity index (χ3v) is 9.99. The van der Waals surface area contributed by atoms with Gasteiger partial charge in [-0.3, -0.25) is 9.69 Å². The number of carbonyl (C=O) groups is 1. The van der Waals surface area contributed by atoms with Gasteiger partial charge in [-0.15, -0.1) is 0 Å². The number of benzene rings is 2. The molecule has 0 spiro atoms. The van der Waals surface area contributed by atoms with Gasteiger partial charge in [-0.1, -0.05) is 42.5 Å². The summed E-state index contributed by atoms with van der Waals surface area (Å²) in [6.45, 7) is 2.28. The van der Waals surface area contributed by atoms with Crippen LogP contribution in [0.3, 0.4) is 0 Å². The first-order valence-corrected chi connectivity index (χ1v) is 14.8. The van der Waals surface area contributed by atoms with E-state index in [0.717, 1.165) is 49.8 Å². The summed E-state index contributed by atoms with van der Waals surface area (Å²) >= 11 is 0. The monoisotopic (exact) mass is 518 g/mol. The Hall–Kier alpha value is -2.81. The van der Waals surface area contributed by atoms with Crippen molar-refractivity contribution in [2.75, 3.05) is 13.1 Å². The van der Waals surface area contributed by atoms with Gasteiger partial charge >= 0.3 is 0 Å². The van der Waals surface area contributed by atoms with Crippen LogP contribution in [0.4, 0.5) is 0 Å². The SMILES string of the molecule is Cn1cnc(S(=O)(=O)NC2CC(c3ccc4c(c3C=O)[C@@H](Cc3ccccc3)[C@@H](N3CCC3)CC4)C2)c1. The predicted molar refractivity (Wildman–Crippen MR) is 142 cm³/mol. The van der Waals surface area contributed by atoms with Crippen molar-refractivity contribution in [1.29, 1.82) is 0 Å². The molecule has 0 unspecified atom stereocenters. The molecule has 2 heterocycles. The first-order valence-electron chi connectivity index (χ1n) is 13.3. The Morgan fingerprint density at radius 3 is 2.54 bits per heavy atom. The third kappa shape index (κ3) is 4.67. The van der Waals surface area contributed by atoms with E-state index in [-0.39, 0.29) is 22.9 Å². The molecule has 2 fully saturated rings. The molecule has 1 aliphatic heterocycles. The van der Waals surface area contributed by atoms with Gasteiger partial charge < -0.3 is 4.57 Å². The Bertz CT molecular complexity index is 1390. The highest BCUT2D eigenvalue weighted by Gasteiger charge is 2.40. The molecule has 3 aromatic rings. The number of rotatable bonds is 8. The maximum atomic E-state index is 12.7. The van der Waals surface area contributed by atoms with Gasteiger partial charge in [0.25, 0.3) is 10.0 Å². The third-order valence-electron chi connectivity index (χ3n) is 8.59. The second-order valence-electron chi connectivity index (χ2n) is 10.9. The minimum Gasteiger partial charge on any atom is -0.339 e. The lowest BCUT2D eigenvalue weighted by Gasteiger charge is -2.46. The molecule has 1 aromatic heterocycles. The number of imidazole rings is 1. The summed E-state index contributed by atoms with van der Waals surface area (Å²) in [5.74, 6) is 0.453. The Balaban J connectivity index is 1.27. The van der Waals surface area contributed by atoms with Crippen LogP contribution < -0.4 is 4.72 Å². The lowest BCUT2D eigenvalue weighted by Crippen LogP contribution is -2.50. The Morgan fingerprint density at radius 1 is 1.11 bits per heavy atom. The van der Waals surface area contributed by atoms with E-state index in [1.54, 1.807) is 11.6 Å². The molecule has 1 saturated carbocycles. The standard InChI is InChI=1S/C29H34N4O3S/c1-32-17-28(30-19-32)37(35,36)31-23-15-22(16-23)24-10-8-21-9-11-27(33-12-5-13-33)25(29(21)26(24)18-34)14-20-6-3-2-4-7-20/h2-4,6-8,10,17-19,22-23,25,27,31H,5,9,11-16H2,1H3/t22?,23?,25-,27-/m0/s1. The molecule has 6 rings (SSSR count). The largest absolute Gasteiger partial charge is 0.339 e. The second kappa shape index (κ2) is 9.82. The van der Waals surface area contributed by atoms with Gasteiger partial charge in [0.1, 0.15) is 0 Å². The number of hydrogen-bond acceptors (Lipinski definition) is 5. The van der Waals surface area contributed by atoms with E-state index in [4.69, 9.17) is 0 Å². The van der Waals surface area contributed by atoms with Crippen LogP contribution in [-0.2, 0) is 29.9 Å². The first-order chi connectivity index (χ1) is 17.9. The average Bonchev–Trinajstić information content (AvgIpc) is 3.29. The van der Waals surface area contributed by atoms with Crippen molar-refractivity contribution < 1.29 is 13.2 Å². The number of hydrogen-bond donors (Lipinski definition) is 1. The van der Waals surface area contributed by atoms with Crippen molar-refractivity contribution in [3.63, 3.8) is 0 Å². The zero-order valence-electron chi connectivity index (χ0n) is 21.2. The highest BCUT2D eigenvalue weighted by Crippen LogP contribution is 2.45. The molecule has 2 atom stereocenters. The molecular formula is C29H34N4O3S. The first kappa shape index (κ1) is 24.5. The molecule has 194 valence electrons. The number of sulfonamides is 1. The van der Waals surface area contributed by atoms with E-state index >= 15 is 0 Å². The summed E-state index contributed by atoms with van der Waals surface area (Å²) in [6.07, 6.45) is 9.74. The van der Waals surface area contributed by atoms with Gasteiger partial charge in [-0.2, -0.15) is 0 Å². The summed E-state index contributed by atoms with van der Waals surface area (Å²) in [5, 5.41) is 0.0431. The van der Waals surface area contributed by atoms with E-state index in [1.165, 1.54) is 35.6 Å². The van der Waals surface area contributed by atoms with Crippen LogP contribution in [0, 0.1) is 0 Å². The molecule has 3 aliphatic rings. The fourth-order valence-corrected chi connectivity index (χ4v) is 7.77. The van der Waals surface area contributed by atoms with Crippen LogP contribution in [0.25, 0.3) is 0 Å². The zero-order chi connectivity index (χ0) is 25.6. The number of aldehydes is 1. The molecule has 0 amide bonds. The summed E-state index contributed by atoms with van der Waals surface area (Å²) in [6, 6.07) is 15.3. The summed E-state index contributed by atoms with van der Waals surface area (Å²) in [4.78, 5) is 19.3. The zero-order valence-corrected chi connectivity index (χ0v) is 22.0. The van der Waals surface area contributed by atoms with Gasteiger partial charge in [-0.05, 0) is 79.8 Å². The number of fused-ring (bicyclic) bond motifs is 1. The van der Waals surface area contributed by atoms with Crippen molar-refractivity contribution in [3.05, 3.63) is 82.8 Å². The molecule has 7 nitrogen and oxygen atoms in total. The van der Waals surface area contributed by atoms with Crippen LogP contribution in [0.2, 0.25) is 0 Å². The quantitative estimate of drug-likeness (QED) is 0.459. The van der Waals surface area contributed by atoms with E-state index in [0.29, 0.717) is 18.9 Å². The highest BCUT2D eigenvalue weighted by molar-refractivity contribution is 7.89. The minimum atomic E-state index is -3.65. The maximum Gasteiger partial charge on any atom is 0.259 e. The van der Waals surface area contributed by atoms with Crippen molar-refractivity contribution >= 4 is 16.3 Å². The molecule has 1 N–H and O–H groups in total. The van der Waals surface area contributed by atoms with Crippen LogP contribution in [0.5, 0.6) is 0 Å². The van der Waals surface area contributed by atoms with Gasteiger partial charge in [0.2, 0.25) is 0 Å². The van der Waals surface area contributed by atoms with Crippen molar-refractivity contribution in [2.45, 2.75) is 67.5 Å². The molecule has 8 heteroatoms. The number of likely N-dealkylation sites (tertiary alicyclic amines) is 1. The summed E-state index contributed by atoms with van der Waals surface area (Å²) < 4.78 is 29.8. The maximum absolute atomic E-state index is 12.7. The number of nitrogens with one attached hydrogen (secondary N) is 1. The Labute approximate surface area is 219 Å². The highest BCUT2D eigenvalue weighted by atomic mass is 32.2. The Morgan fingerprint density at radius 2 is 1.89 bits per heavy atom. The van der Waals surface area contributed by atoms with Gasteiger partial charge in [0.05, 0.1) is 6.33 Å². The lowest BCUT2D eigenvalue weighted by molar-refractivity contribution is 0.0870. The molecule has 1 saturated heterocycles. The fourth-order valence-electron chi connectivity index (χ4n) is 6.53. The second-order valence-corrected chi connectivity index (χ2v) is 12.6. The normalized spacial score (nSPS) is 25.6. The number of carbonyl (C=O) groups excluding carboxylic acids is 1. The van der Waals surface area contributed by atoms with Crippen molar-refractivity contribution in [3.8, 4) is 0 Å². The van der Waals surface area contributed by atoms with Crippen LogP contribution in [0.1, 0.15) is 70.1 Å². The minimum absolute atomic E-state index is 0.0431. The molecule has 37 heavy (non-hydrogen) atoms. The average molecular weight is 519 g/mol.